The summed E-state index contributed by atoms with van der Waals surface area (Å²) in [5.41, 5.74) is 5.46. The molecule has 0 aliphatic rings. The number of rotatable bonds is 15. The van der Waals surface area contributed by atoms with Gasteiger partial charge in [0.15, 0.2) is 0 Å². The zero-order valence-corrected chi connectivity index (χ0v) is 26.5. The average Bonchev–Trinajstić information content (AvgIpc) is 3.12. The van der Waals surface area contributed by atoms with E-state index in [-0.39, 0.29) is 24.9 Å². The molecule has 5 aromatic rings. The molecule has 0 saturated heterocycles. The van der Waals surface area contributed by atoms with Crippen molar-refractivity contribution in [2.45, 2.75) is 18.8 Å². The van der Waals surface area contributed by atoms with E-state index in [1.54, 1.807) is 6.07 Å². The minimum absolute atomic E-state index is 0.000893. The summed E-state index contributed by atoms with van der Waals surface area (Å²) in [6, 6.07) is 40.0. The van der Waals surface area contributed by atoms with E-state index >= 15 is 0 Å². The van der Waals surface area contributed by atoms with Crippen LogP contribution in [0, 0.1) is 5.82 Å². The van der Waals surface area contributed by atoms with Gasteiger partial charge in [0.25, 0.3) is 0 Å². The maximum absolute atomic E-state index is 14.4. The topological polar surface area (TPSA) is 65.1 Å². The van der Waals surface area contributed by atoms with Gasteiger partial charge in [-0.05, 0) is 102 Å². The van der Waals surface area contributed by atoms with Crippen molar-refractivity contribution in [2.24, 2.45) is 0 Å². The Morgan fingerprint density at radius 2 is 1.15 bits per heavy atom. The summed E-state index contributed by atoms with van der Waals surface area (Å²) in [7, 11) is 0. The van der Waals surface area contributed by atoms with Crippen LogP contribution in [-0.2, 0) is 19.1 Å². The fourth-order valence-corrected chi connectivity index (χ4v) is 5.30. The summed E-state index contributed by atoms with van der Waals surface area (Å²) in [6.45, 7) is 7.31. The van der Waals surface area contributed by atoms with Gasteiger partial charge in [0.2, 0.25) is 0 Å². The summed E-state index contributed by atoms with van der Waals surface area (Å²) in [4.78, 5) is 25.1. The van der Waals surface area contributed by atoms with E-state index in [0.717, 1.165) is 46.0 Å². The van der Waals surface area contributed by atoms with Gasteiger partial charge in [-0.2, -0.15) is 0 Å². The molecular formula is C41H36FNO5. The van der Waals surface area contributed by atoms with Crippen molar-refractivity contribution >= 4 is 29.0 Å². The molecule has 0 aliphatic carbocycles. The van der Waals surface area contributed by atoms with Gasteiger partial charge in [0, 0.05) is 29.2 Å². The predicted octanol–water partition coefficient (Wildman–Crippen LogP) is 10.1. The third kappa shape index (κ3) is 9.07. The zero-order valence-electron chi connectivity index (χ0n) is 26.5. The van der Waals surface area contributed by atoms with Gasteiger partial charge in [0.05, 0.1) is 13.2 Å². The van der Waals surface area contributed by atoms with Crippen LogP contribution in [0.1, 0.15) is 24.3 Å². The molecule has 5 rings (SSSR count). The molecular weight excluding hydrogens is 605 g/mol. The van der Waals surface area contributed by atoms with Crippen molar-refractivity contribution in [3.05, 3.63) is 164 Å². The van der Waals surface area contributed by atoms with Gasteiger partial charge in [-0.25, -0.2) is 14.0 Å². The van der Waals surface area contributed by atoms with Crippen molar-refractivity contribution in [3.8, 4) is 22.6 Å². The van der Waals surface area contributed by atoms with E-state index in [0.29, 0.717) is 24.3 Å². The summed E-state index contributed by atoms with van der Waals surface area (Å²) >= 11 is 0. The van der Waals surface area contributed by atoms with Gasteiger partial charge >= 0.3 is 11.9 Å². The second kappa shape index (κ2) is 16.6. The van der Waals surface area contributed by atoms with Crippen LogP contribution in [0.4, 0.5) is 21.5 Å². The lowest BCUT2D eigenvalue weighted by Crippen LogP contribution is -2.11. The maximum atomic E-state index is 14.4. The summed E-state index contributed by atoms with van der Waals surface area (Å²) in [5.74, 6) is 0.164. The molecule has 242 valence electrons. The Morgan fingerprint density at radius 3 is 1.69 bits per heavy atom. The molecule has 0 saturated carbocycles. The SMILES string of the molecule is C=CC(=O)OCCC(CCOC(=O)C=C)c1ccc(-c2ccc(N(c3ccc(Oc4ccccc4)cc3)c3cccc(F)c3)cc2)cc1. The minimum atomic E-state index is -0.476. The Hall–Kier alpha value is -5.95. The summed E-state index contributed by atoms with van der Waals surface area (Å²) < 4.78 is 30.8. The number of benzene rings is 5. The Labute approximate surface area is 280 Å². The van der Waals surface area contributed by atoms with Crippen LogP contribution >= 0.6 is 0 Å². The van der Waals surface area contributed by atoms with E-state index in [4.69, 9.17) is 14.2 Å². The number of hydrogen-bond donors (Lipinski definition) is 0. The Morgan fingerprint density at radius 1 is 0.625 bits per heavy atom. The van der Waals surface area contributed by atoms with Crippen LogP contribution < -0.4 is 9.64 Å². The van der Waals surface area contributed by atoms with Crippen LogP contribution in [-0.4, -0.2) is 25.2 Å². The normalized spacial score (nSPS) is 10.6. The Kier molecular flexibility index (Phi) is 11.5. The first-order valence-electron chi connectivity index (χ1n) is 15.6. The predicted molar refractivity (Wildman–Crippen MR) is 187 cm³/mol. The highest BCUT2D eigenvalue weighted by Crippen LogP contribution is 2.37. The lowest BCUT2D eigenvalue weighted by molar-refractivity contribution is -0.138. The molecule has 0 unspecified atom stereocenters. The van der Waals surface area contributed by atoms with Gasteiger partial charge < -0.3 is 19.1 Å². The highest BCUT2D eigenvalue weighted by Gasteiger charge is 2.16. The minimum Gasteiger partial charge on any atom is -0.463 e. The Bertz CT molecular complexity index is 1790. The van der Waals surface area contributed by atoms with Crippen molar-refractivity contribution in [1.82, 2.24) is 0 Å². The molecule has 7 heteroatoms. The zero-order chi connectivity index (χ0) is 33.7. The highest BCUT2D eigenvalue weighted by atomic mass is 19.1. The molecule has 0 amide bonds. The van der Waals surface area contributed by atoms with Gasteiger partial charge in [0.1, 0.15) is 17.3 Å². The molecule has 5 aromatic carbocycles. The highest BCUT2D eigenvalue weighted by molar-refractivity contribution is 5.81. The fraction of sp³-hybridized carbons (Fsp3) is 0.122. The van der Waals surface area contributed by atoms with Crippen LogP contribution in [0.15, 0.2) is 153 Å². The number of hydrogen-bond acceptors (Lipinski definition) is 6. The van der Waals surface area contributed by atoms with Crippen LogP contribution in [0.2, 0.25) is 0 Å². The van der Waals surface area contributed by atoms with Crippen LogP contribution in [0.25, 0.3) is 11.1 Å². The third-order valence-electron chi connectivity index (χ3n) is 7.74. The molecule has 48 heavy (non-hydrogen) atoms. The van der Waals surface area contributed by atoms with E-state index in [9.17, 15) is 14.0 Å². The maximum Gasteiger partial charge on any atom is 0.330 e. The molecule has 0 atom stereocenters. The number of carbonyl (C=O) groups is 2. The lowest BCUT2D eigenvalue weighted by atomic mass is 9.91. The second-order valence-electron chi connectivity index (χ2n) is 10.9. The lowest BCUT2D eigenvalue weighted by Gasteiger charge is -2.26. The molecule has 0 heterocycles. The smallest absolute Gasteiger partial charge is 0.330 e. The fourth-order valence-electron chi connectivity index (χ4n) is 5.30. The van der Waals surface area contributed by atoms with Gasteiger partial charge in [-0.15, -0.1) is 0 Å². The molecule has 0 bridgehead atoms. The van der Waals surface area contributed by atoms with E-state index in [2.05, 4.69) is 13.2 Å². The first-order chi connectivity index (χ1) is 23.4. The monoisotopic (exact) mass is 641 g/mol. The summed E-state index contributed by atoms with van der Waals surface area (Å²) in [5, 5.41) is 0. The van der Waals surface area contributed by atoms with Crippen molar-refractivity contribution in [3.63, 3.8) is 0 Å². The summed E-state index contributed by atoms with van der Waals surface area (Å²) in [6.07, 6.45) is 3.40. The number of anilines is 3. The first kappa shape index (κ1) is 33.4. The van der Waals surface area contributed by atoms with E-state index < -0.39 is 11.9 Å². The molecule has 6 nitrogen and oxygen atoms in total. The number of ether oxygens (including phenoxy) is 3. The van der Waals surface area contributed by atoms with Crippen molar-refractivity contribution in [2.75, 3.05) is 18.1 Å². The number of nitrogens with zero attached hydrogens (tertiary/aromatic N) is 1. The number of carbonyl (C=O) groups excluding carboxylic acids is 2. The van der Waals surface area contributed by atoms with E-state index in [1.807, 2.05) is 114 Å². The molecule has 0 fully saturated rings. The quantitative estimate of drug-likeness (QED) is 0.0837. The molecule has 0 aliphatic heterocycles. The third-order valence-corrected chi connectivity index (χ3v) is 7.74. The van der Waals surface area contributed by atoms with Crippen molar-refractivity contribution < 1.29 is 28.2 Å². The molecule has 0 spiro atoms. The number of halogens is 1. The van der Waals surface area contributed by atoms with Crippen molar-refractivity contribution in [1.29, 1.82) is 0 Å². The van der Waals surface area contributed by atoms with Gasteiger partial charge in [-0.1, -0.05) is 73.8 Å². The largest absolute Gasteiger partial charge is 0.463 e. The Balaban J connectivity index is 1.35. The molecule has 0 N–H and O–H groups in total. The second-order valence-corrected chi connectivity index (χ2v) is 10.9. The van der Waals surface area contributed by atoms with Gasteiger partial charge in [-0.3, -0.25) is 0 Å². The standard InChI is InChI=1S/C41H36FNO5/c1-3-40(44)46-27-25-33(26-28-47-41(45)4-2)31-15-13-30(14-16-31)32-17-19-35(20-18-32)43(37-10-8-9-34(42)29-37)36-21-23-39(24-22-36)48-38-11-6-5-7-12-38/h3-24,29,33H,1-2,25-28H2. The van der Waals surface area contributed by atoms with Crippen LogP contribution in [0.5, 0.6) is 11.5 Å². The first-order valence-corrected chi connectivity index (χ1v) is 15.6. The molecule has 0 aromatic heterocycles. The average molecular weight is 642 g/mol. The number of esters is 2. The molecule has 0 radical (unpaired) electrons. The van der Waals surface area contributed by atoms with Crippen LogP contribution in [0.3, 0.4) is 0 Å². The number of para-hydroxylation sites is 1. The van der Waals surface area contributed by atoms with E-state index in [1.165, 1.54) is 12.1 Å².